The van der Waals surface area contributed by atoms with Crippen LogP contribution in [0.5, 0.6) is 0 Å². The molecule has 12 heteroatoms. The number of phosphoric acid groups is 1. The van der Waals surface area contributed by atoms with E-state index in [0.29, 0.717) is 23.9 Å². The summed E-state index contributed by atoms with van der Waals surface area (Å²) in [7, 11) is 0.999. The summed E-state index contributed by atoms with van der Waals surface area (Å²) in [5.74, 6) is -1.14. The molecule has 0 bridgehead atoms. The fourth-order valence-corrected chi connectivity index (χ4v) is 5.82. The SMILES string of the molecule is CCCC/C=C\CCCCCCCC(=O)O[C@H](COC(=O)CCCC(O)C(O)C/C=C\C/C=C\C/C=C\CCCCC)COP(=O)([O-])OCC[N+](C)(C)C. The molecular formula is C42H76NO10P. The van der Waals surface area contributed by atoms with Crippen LogP contribution in [0.2, 0.25) is 0 Å². The van der Waals surface area contributed by atoms with Gasteiger partial charge in [-0.05, 0) is 70.6 Å². The highest BCUT2D eigenvalue weighted by atomic mass is 31.2. The molecule has 0 radical (unpaired) electrons. The Morgan fingerprint density at radius 3 is 1.89 bits per heavy atom. The number of aliphatic hydroxyl groups excluding tert-OH is 2. The molecule has 0 rings (SSSR count). The lowest BCUT2D eigenvalue weighted by molar-refractivity contribution is -0.870. The standard InChI is InChI=1S/C42H76NO10P/c1-6-8-10-12-14-16-18-20-21-23-25-27-30-39(44)40(45)31-29-33-41(46)50-36-38(37-52-54(48,49)51-35-34-43(3,4)5)53-42(47)32-28-26-24-22-19-17-15-13-11-9-7-2/h13-16,20-21,25,27,38-40,44-45H,6-12,17-19,22-24,26,28-37H2,1-5H3/b15-13-,16-14-,21-20-,27-25-/t38-,39?,40?/m1/s1. The van der Waals surface area contributed by atoms with Gasteiger partial charge in [0.1, 0.15) is 19.8 Å². The Kier molecular flexibility index (Phi) is 32.8. The minimum Gasteiger partial charge on any atom is -0.756 e. The van der Waals surface area contributed by atoms with Gasteiger partial charge in [-0.15, -0.1) is 0 Å². The third kappa shape index (κ3) is 35.6. The molecule has 0 heterocycles. The first-order valence-electron chi connectivity index (χ1n) is 20.5. The molecule has 0 spiro atoms. The van der Waals surface area contributed by atoms with Gasteiger partial charge < -0.3 is 38.1 Å². The number of carbonyl (C=O) groups excluding carboxylic acids is 2. The van der Waals surface area contributed by atoms with E-state index in [4.69, 9.17) is 18.5 Å². The smallest absolute Gasteiger partial charge is 0.306 e. The lowest BCUT2D eigenvalue weighted by Gasteiger charge is -2.28. The Balaban J connectivity index is 4.65. The van der Waals surface area contributed by atoms with Gasteiger partial charge in [-0.2, -0.15) is 0 Å². The molecule has 2 N–H and O–H groups in total. The fourth-order valence-electron chi connectivity index (χ4n) is 5.09. The summed E-state index contributed by atoms with van der Waals surface area (Å²) in [6.45, 7) is 3.78. The van der Waals surface area contributed by atoms with Crippen LogP contribution in [-0.2, 0) is 32.7 Å². The number of aliphatic hydroxyl groups is 2. The molecule has 3 unspecified atom stereocenters. The van der Waals surface area contributed by atoms with Gasteiger partial charge >= 0.3 is 11.9 Å². The summed E-state index contributed by atoms with van der Waals surface area (Å²) < 4.78 is 33.5. The number of nitrogens with zero attached hydrogens (tertiary/aromatic N) is 1. The van der Waals surface area contributed by atoms with Crippen molar-refractivity contribution in [3.05, 3.63) is 48.6 Å². The average Bonchev–Trinajstić information content (AvgIpc) is 3.11. The molecule has 0 saturated heterocycles. The number of carbonyl (C=O) groups is 2. The monoisotopic (exact) mass is 786 g/mol. The quantitative estimate of drug-likeness (QED) is 0.0208. The van der Waals surface area contributed by atoms with E-state index in [1.54, 1.807) is 0 Å². The Morgan fingerprint density at radius 1 is 0.667 bits per heavy atom. The van der Waals surface area contributed by atoms with Crippen LogP contribution < -0.4 is 4.89 Å². The van der Waals surface area contributed by atoms with Gasteiger partial charge in [-0.1, -0.05) is 107 Å². The number of hydrogen-bond donors (Lipinski definition) is 2. The predicted molar refractivity (Wildman–Crippen MR) is 216 cm³/mol. The van der Waals surface area contributed by atoms with E-state index in [9.17, 15) is 29.3 Å². The minimum atomic E-state index is -4.69. The number of ether oxygens (including phenoxy) is 2. The molecule has 4 atom stereocenters. The van der Waals surface area contributed by atoms with Crippen molar-refractivity contribution in [2.45, 2.75) is 161 Å². The van der Waals surface area contributed by atoms with Gasteiger partial charge in [-0.3, -0.25) is 14.2 Å². The number of rotatable bonds is 36. The fraction of sp³-hybridized carbons (Fsp3) is 0.762. The Labute approximate surface area is 328 Å². The first-order chi connectivity index (χ1) is 25.8. The maximum absolute atomic E-state index is 12.6. The Hall–Kier alpha value is -2.11. The zero-order chi connectivity index (χ0) is 40.3. The zero-order valence-electron chi connectivity index (χ0n) is 34.4. The third-order valence-corrected chi connectivity index (χ3v) is 9.49. The average molecular weight is 786 g/mol. The van der Waals surface area contributed by atoms with Gasteiger partial charge in [0.2, 0.25) is 0 Å². The van der Waals surface area contributed by atoms with Crippen LogP contribution in [0.15, 0.2) is 48.6 Å². The van der Waals surface area contributed by atoms with E-state index in [0.717, 1.165) is 57.8 Å². The first-order valence-corrected chi connectivity index (χ1v) is 22.0. The van der Waals surface area contributed by atoms with Crippen LogP contribution in [-0.4, -0.2) is 92.5 Å². The van der Waals surface area contributed by atoms with Crippen molar-refractivity contribution in [1.82, 2.24) is 0 Å². The highest BCUT2D eigenvalue weighted by Crippen LogP contribution is 2.38. The lowest BCUT2D eigenvalue weighted by atomic mass is 10.0. The second-order valence-electron chi connectivity index (χ2n) is 14.9. The Bertz CT molecular complexity index is 1100. The van der Waals surface area contributed by atoms with Crippen molar-refractivity contribution in [3.8, 4) is 0 Å². The van der Waals surface area contributed by atoms with Crippen molar-refractivity contribution in [1.29, 1.82) is 0 Å². The van der Waals surface area contributed by atoms with Crippen molar-refractivity contribution < 1.29 is 52.3 Å². The van der Waals surface area contributed by atoms with Crippen molar-refractivity contribution in [3.63, 3.8) is 0 Å². The summed E-state index contributed by atoms with van der Waals surface area (Å²) in [6, 6.07) is 0. The molecule has 0 amide bonds. The van der Waals surface area contributed by atoms with Crippen molar-refractivity contribution >= 4 is 19.8 Å². The molecule has 314 valence electrons. The van der Waals surface area contributed by atoms with Gasteiger partial charge in [0.25, 0.3) is 7.82 Å². The molecule has 0 aromatic heterocycles. The van der Waals surface area contributed by atoms with Gasteiger partial charge in [0.15, 0.2) is 6.10 Å². The zero-order valence-corrected chi connectivity index (χ0v) is 35.3. The number of phosphoric ester groups is 1. The summed E-state index contributed by atoms with van der Waals surface area (Å²) in [4.78, 5) is 37.4. The van der Waals surface area contributed by atoms with Crippen LogP contribution in [0.25, 0.3) is 0 Å². The molecule has 0 aromatic carbocycles. The lowest BCUT2D eigenvalue weighted by Crippen LogP contribution is -2.37. The van der Waals surface area contributed by atoms with E-state index in [1.807, 2.05) is 33.3 Å². The third-order valence-electron chi connectivity index (χ3n) is 8.52. The molecule has 54 heavy (non-hydrogen) atoms. The van der Waals surface area contributed by atoms with Gasteiger partial charge in [-0.25, -0.2) is 0 Å². The number of likely N-dealkylation sites (N-methyl/N-ethyl adjacent to an activating group) is 1. The maximum atomic E-state index is 12.6. The highest BCUT2D eigenvalue weighted by Gasteiger charge is 2.22. The molecule has 0 aliphatic carbocycles. The van der Waals surface area contributed by atoms with E-state index < -0.39 is 51.3 Å². The van der Waals surface area contributed by atoms with E-state index in [1.165, 1.54) is 32.1 Å². The number of quaternary nitrogens is 1. The summed E-state index contributed by atoms with van der Waals surface area (Å²) >= 11 is 0. The van der Waals surface area contributed by atoms with Crippen LogP contribution in [0.4, 0.5) is 0 Å². The molecule has 0 fully saturated rings. The van der Waals surface area contributed by atoms with Crippen molar-refractivity contribution in [2.24, 2.45) is 0 Å². The second-order valence-corrected chi connectivity index (χ2v) is 16.4. The molecule has 0 saturated carbocycles. The highest BCUT2D eigenvalue weighted by molar-refractivity contribution is 7.45. The molecule has 0 aliphatic heterocycles. The summed E-state index contributed by atoms with van der Waals surface area (Å²) in [5.41, 5.74) is 0. The molecule has 0 aromatic rings. The topological polar surface area (TPSA) is 152 Å². The minimum absolute atomic E-state index is 0.0399. The summed E-state index contributed by atoms with van der Waals surface area (Å²) in [6.07, 6.45) is 30.4. The van der Waals surface area contributed by atoms with E-state index in [2.05, 4.69) is 50.3 Å². The summed E-state index contributed by atoms with van der Waals surface area (Å²) in [5, 5.41) is 20.7. The van der Waals surface area contributed by atoms with Gasteiger partial charge in [0.05, 0.1) is 40.0 Å². The molecule has 0 aliphatic rings. The van der Waals surface area contributed by atoms with E-state index >= 15 is 0 Å². The van der Waals surface area contributed by atoms with Crippen LogP contribution in [0, 0.1) is 0 Å². The second kappa shape index (κ2) is 34.2. The largest absolute Gasteiger partial charge is 0.756 e. The molecule has 11 nitrogen and oxygen atoms in total. The van der Waals surface area contributed by atoms with Gasteiger partial charge in [0, 0.05) is 12.8 Å². The number of hydrogen-bond acceptors (Lipinski definition) is 10. The maximum Gasteiger partial charge on any atom is 0.306 e. The van der Waals surface area contributed by atoms with E-state index in [-0.39, 0.29) is 32.3 Å². The normalized spacial score (nSPS) is 15.3. The van der Waals surface area contributed by atoms with Crippen LogP contribution in [0.1, 0.15) is 142 Å². The van der Waals surface area contributed by atoms with Crippen LogP contribution >= 0.6 is 7.82 Å². The number of allylic oxidation sites excluding steroid dienone is 7. The van der Waals surface area contributed by atoms with Crippen LogP contribution in [0.3, 0.4) is 0 Å². The number of esters is 2. The first kappa shape index (κ1) is 51.9. The predicted octanol–water partition coefficient (Wildman–Crippen LogP) is 8.44. The molecular weight excluding hydrogens is 709 g/mol. The van der Waals surface area contributed by atoms with Crippen molar-refractivity contribution in [2.75, 3.05) is 47.5 Å². The Morgan fingerprint density at radius 2 is 1.22 bits per heavy atom. The number of unbranched alkanes of at least 4 members (excludes halogenated alkanes) is 10.